The average Bonchev–Trinajstić information content (AvgIpc) is 3.35. The van der Waals surface area contributed by atoms with E-state index in [1.54, 1.807) is 28.8 Å². The van der Waals surface area contributed by atoms with Gasteiger partial charge in [-0.1, -0.05) is 18.2 Å². The second-order valence-corrected chi connectivity index (χ2v) is 7.98. The van der Waals surface area contributed by atoms with E-state index in [4.69, 9.17) is 4.74 Å². The number of carbonyl (C=O) groups is 2. The van der Waals surface area contributed by atoms with E-state index in [9.17, 15) is 9.59 Å². The van der Waals surface area contributed by atoms with Crippen LogP contribution in [0.1, 0.15) is 16.7 Å². The fourth-order valence-corrected chi connectivity index (χ4v) is 4.56. The molecule has 2 amide bonds. The molecule has 0 saturated carbocycles. The Labute approximate surface area is 168 Å². The van der Waals surface area contributed by atoms with E-state index in [0.29, 0.717) is 18.2 Å². The third kappa shape index (κ3) is 4.07. The number of aryl methyl sites for hydroxylation is 1. The van der Waals surface area contributed by atoms with Gasteiger partial charge in [-0.25, -0.2) is 0 Å². The average molecular weight is 394 g/mol. The highest BCUT2D eigenvalue weighted by Crippen LogP contribution is 2.27. The molecule has 144 valence electrons. The molecule has 1 atom stereocenters. The van der Waals surface area contributed by atoms with Gasteiger partial charge in [0.2, 0.25) is 11.8 Å². The number of hydrogen-bond acceptors (Lipinski definition) is 4. The van der Waals surface area contributed by atoms with E-state index < -0.39 is 6.04 Å². The molecule has 1 saturated heterocycles. The Morgan fingerprint density at radius 3 is 3.00 bits per heavy atom. The van der Waals surface area contributed by atoms with Gasteiger partial charge in [0.05, 0.1) is 12.5 Å². The number of benzene rings is 2. The number of nitrogens with zero attached hydrogens (tertiary/aromatic N) is 1. The van der Waals surface area contributed by atoms with E-state index >= 15 is 0 Å². The number of hydrogen-bond donors (Lipinski definition) is 1. The predicted octanol–water partition coefficient (Wildman–Crippen LogP) is 3.48. The van der Waals surface area contributed by atoms with E-state index in [1.807, 2.05) is 49.4 Å². The number of amides is 2. The summed E-state index contributed by atoms with van der Waals surface area (Å²) in [5.41, 5.74) is 3.96. The number of rotatable bonds is 4. The summed E-state index contributed by atoms with van der Waals surface area (Å²) in [6.45, 7) is 2.69. The quantitative estimate of drug-likeness (QED) is 0.807. The molecular formula is C22H22N2O3S. The summed E-state index contributed by atoms with van der Waals surface area (Å²) in [7, 11) is 0. The molecule has 2 heterocycles. The van der Waals surface area contributed by atoms with Crippen LogP contribution in [0, 0.1) is 6.92 Å². The predicted molar refractivity (Wildman–Crippen MR) is 112 cm³/mol. The molecule has 0 aliphatic carbocycles. The zero-order valence-electron chi connectivity index (χ0n) is 15.7. The molecule has 5 nitrogen and oxygen atoms in total. The standard InChI is InChI=1S/C22H22N2O3S/c1-15-3-2-4-18(11-15)23-22(26)19-13-28-14-24(19)21(25)8-6-16-5-7-20-17(12-16)9-10-27-20/h2-8,11-12,19H,9-10,13-14H2,1H3,(H,23,26). The second kappa shape index (κ2) is 8.10. The summed E-state index contributed by atoms with van der Waals surface area (Å²) in [6, 6.07) is 13.1. The lowest BCUT2D eigenvalue weighted by molar-refractivity contribution is -0.132. The summed E-state index contributed by atoms with van der Waals surface area (Å²) in [5, 5.41) is 2.93. The third-order valence-corrected chi connectivity index (χ3v) is 5.90. The van der Waals surface area contributed by atoms with Crippen molar-refractivity contribution in [2.45, 2.75) is 19.4 Å². The van der Waals surface area contributed by atoms with Gasteiger partial charge < -0.3 is 15.0 Å². The summed E-state index contributed by atoms with van der Waals surface area (Å²) in [6.07, 6.45) is 4.25. The number of fused-ring (bicyclic) bond motifs is 1. The lowest BCUT2D eigenvalue weighted by Crippen LogP contribution is -2.43. The lowest BCUT2D eigenvalue weighted by atomic mass is 10.1. The summed E-state index contributed by atoms with van der Waals surface area (Å²) in [4.78, 5) is 27.0. The highest BCUT2D eigenvalue weighted by molar-refractivity contribution is 7.99. The number of thioether (sulfide) groups is 1. The summed E-state index contributed by atoms with van der Waals surface area (Å²) in [5.74, 6) is 1.76. The van der Waals surface area contributed by atoms with Crippen LogP contribution in [0.5, 0.6) is 5.75 Å². The lowest BCUT2D eigenvalue weighted by Gasteiger charge is -2.21. The molecule has 1 N–H and O–H groups in total. The molecule has 2 aliphatic rings. The van der Waals surface area contributed by atoms with Gasteiger partial charge in [0, 0.05) is 23.9 Å². The Kier molecular flexibility index (Phi) is 5.39. The number of carbonyl (C=O) groups excluding carboxylic acids is 2. The van der Waals surface area contributed by atoms with Gasteiger partial charge in [0.15, 0.2) is 0 Å². The minimum Gasteiger partial charge on any atom is -0.493 e. The number of nitrogens with one attached hydrogen (secondary N) is 1. The van der Waals surface area contributed by atoms with Gasteiger partial charge in [-0.05, 0) is 54.0 Å². The molecule has 28 heavy (non-hydrogen) atoms. The minimum absolute atomic E-state index is 0.146. The zero-order chi connectivity index (χ0) is 19.5. The molecule has 2 aliphatic heterocycles. The van der Waals surface area contributed by atoms with E-state index in [1.165, 1.54) is 5.56 Å². The van der Waals surface area contributed by atoms with Crippen LogP contribution < -0.4 is 10.1 Å². The highest BCUT2D eigenvalue weighted by Gasteiger charge is 2.33. The minimum atomic E-state index is -0.462. The van der Waals surface area contributed by atoms with E-state index in [-0.39, 0.29) is 11.8 Å². The first-order valence-electron chi connectivity index (χ1n) is 9.30. The molecule has 0 radical (unpaired) electrons. The van der Waals surface area contributed by atoms with E-state index in [0.717, 1.165) is 29.0 Å². The molecule has 0 spiro atoms. The van der Waals surface area contributed by atoms with Crippen molar-refractivity contribution in [1.29, 1.82) is 0 Å². The summed E-state index contributed by atoms with van der Waals surface area (Å²) >= 11 is 1.59. The van der Waals surface area contributed by atoms with Crippen molar-refractivity contribution in [2.24, 2.45) is 0 Å². The first-order chi connectivity index (χ1) is 13.6. The normalized spacial score (nSPS) is 18.2. The number of ether oxygens (including phenoxy) is 1. The smallest absolute Gasteiger partial charge is 0.248 e. The van der Waals surface area contributed by atoms with Crippen LogP contribution in [0.3, 0.4) is 0 Å². The van der Waals surface area contributed by atoms with Crippen LogP contribution in [-0.4, -0.2) is 41.0 Å². The van der Waals surface area contributed by atoms with Gasteiger partial charge >= 0.3 is 0 Å². The van der Waals surface area contributed by atoms with Crippen molar-refractivity contribution in [3.05, 3.63) is 65.2 Å². The molecule has 2 aromatic carbocycles. The molecule has 1 fully saturated rings. The topological polar surface area (TPSA) is 58.6 Å². The zero-order valence-corrected chi connectivity index (χ0v) is 16.5. The van der Waals surface area contributed by atoms with Gasteiger partial charge in [-0.2, -0.15) is 0 Å². The van der Waals surface area contributed by atoms with E-state index in [2.05, 4.69) is 5.32 Å². The second-order valence-electron chi connectivity index (χ2n) is 6.98. The maximum Gasteiger partial charge on any atom is 0.248 e. The van der Waals surface area contributed by atoms with Gasteiger partial charge in [0.25, 0.3) is 0 Å². The van der Waals surface area contributed by atoms with Gasteiger partial charge in [-0.3, -0.25) is 9.59 Å². The largest absolute Gasteiger partial charge is 0.493 e. The Morgan fingerprint density at radius 1 is 1.25 bits per heavy atom. The fraction of sp³-hybridized carbons (Fsp3) is 0.273. The molecular weight excluding hydrogens is 372 g/mol. The van der Waals surface area contributed by atoms with Crippen LogP contribution in [0.15, 0.2) is 48.5 Å². The van der Waals surface area contributed by atoms with Crippen molar-refractivity contribution in [3.63, 3.8) is 0 Å². The Balaban J connectivity index is 1.42. The van der Waals surface area contributed by atoms with Crippen molar-refractivity contribution in [3.8, 4) is 5.75 Å². The van der Waals surface area contributed by atoms with Crippen molar-refractivity contribution >= 4 is 35.3 Å². The maximum atomic E-state index is 12.7. The maximum absolute atomic E-state index is 12.7. The molecule has 0 bridgehead atoms. The molecule has 4 rings (SSSR count). The van der Waals surface area contributed by atoms with Crippen LogP contribution in [-0.2, 0) is 16.0 Å². The first kappa shape index (κ1) is 18.6. The molecule has 2 aromatic rings. The molecule has 0 aromatic heterocycles. The van der Waals surface area contributed by atoms with Crippen LogP contribution >= 0.6 is 11.8 Å². The van der Waals surface area contributed by atoms with Gasteiger partial charge in [0.1, 0.15) is 11.8 Å². The van der Waals surface area contributed by atoms with Crippen LogP contribution in [0.4, 0.5) is 5.69 Å². The van der Waals surface area contributed by atoms with Crippen molar-refractivity contribution in [2.75, 3.05) is 23.6 Å². The Bertz CT molecular complexity index is 941. The van der Waals surface area contributed by atoms with Crippen LogP contribution in [0.25, 0.3) is 6.08 Å². The number of anilines is 1. The van der Waals surface area contributed by atoms with Crippen molar-refractivity contribution < 1.29 is 14.3 Å². The highest BCUT2D eigenvalue weighted by atomic mass is 32.2. The molecule has 6 heteroatoms. The first-order valence-corrected chi connectivity index (χ1v) is 10.5. The van der Waals surface area contributed by atoms with Crippen LogP contribution in [0.2, 0.25) is 0 Å². The van der Waals surface area contributed by atoms with Crippen molar-refractivity contribution in [1.82, 2.24) is 4.90 Å². The SMILES string of the molecule is Cc1cccc(NC(=O)C2CSCN2C(=O)C=Cc2ccc3c(c2)CCO3)c1. The fourth-order valence-electron chi connectivity index (χ4n) is 3.40. The van der Waals surface area contributed by atoms with Gasteiger partial charge in [-0.15, -0.1) is 11.8 Å². The monoisotopic (exact) mass is 394 g/mol. The Hall–Kier alpha value is -2.73. The Morgan fingerprint density at radius 2 is 2.14 bits per heavy atom. The summed E-state index contributed by atoms with van der Waals surface area (Å²) < 4.78 is 5.51. The molecule has 1 unspecified atom stereocenters. The third-order valence-electron chi connectivity index (χ3n) is 4.89.